The van der Waals surface area contributed by atoms with Gasteiger partial charge in [-0.25, -0.2) is 0 Å². The molecular weight excluding hydrogens is 390 g/mol. The fraction of sp³-hybridized carbons (Fsp3) is 0.571. The van der Waals surface area contributed by atoms with Crippen molar-refractivity contribution in [3.8, 4) is 0 Å². The van der Waals surface area contributed by atoms with Crippen LogP contribution in [0.25, 0.3) is 0 Å². The summed E-state index contributed by atoms with van der Waals surface area (Å²) >= 11 is 1.57. The molecule has 3 amide bonds. The first kappa shape index (κ1) is 21.6. The Kier molecular flexibility index (Phi) is 6.53. The zero-order valence-electron chi connectivity index (χ0n) is 17.2. The summed E-state index contributed by atoms with van der Waals surface area (Å²) in [6.45, 7) is 7.38. The Morgan fingerprint density at radius 2 is 1.86 bits per heavy atom. The standard InChI is InChI=1S/C21H29N3O4S/c1-11(2)15(9-25)22-19(27)17(12(3)4)23-18(26)16-10-29-21-14-8-6-5-7-13(14)20(28)24(16)21/h5-8,11-12,15-17,21,25H,9-10H2,1-4H3,(H,22,27)(H,23,26)/t15-,16+,17+,21+/m1/s1. The molecule has 2 aliphatic rings. The van der Waals surface area contributed by atoms with Crippen molar-refractivity contribution in [3.63, 3.8) is 0 Å². The summed E-state index contributed by atoms with van der Waals surface area (Å²) in [4.78, 5) is 40.3. The number of nitrogens with one attached hydrogen (secondary N) is 2. The van der Waals surface area contributed by atoms with E-state index in [1.807, 2.05) is 45.9 Å². The molecule has 3 N–H and O–H groups in total. The fourth-order valence-corrected chi connectivity index (χ4v) is 5.19. The molecule has 0 radical (unpaired) electrons. The van der Waals surface area contributed by atoms with Gasteiger partial charge in [-0.2, -0.15) is 0 Å². The summed E-state index contributed by atoms with van der Waals surface area (Å²) in [6, 6.07) is 5.71. The van der Waals surface area contributed by atoms with Crippen LogP contribution in [0.1, 0.15) is 49.0 Å². The van der Waals surface area contributed by atoms with Gasteiger partial charge in [0.25, 0.3) is 5.91 Å². The van der Waals surface area contributed by atoms with E-state index in [9.17, 15) is 19.5 Å². The molecule has 158 valence electrons. The van der Waals surface area contributed by atoms with Crippen LogP contribution in [0.4, 0.5) is 0 Å². The predicted molar refractivity (Wildman–Crippen MR) is 112 cm³/mol. The number of amides is 3. The van der Waals surface area contributed by atoms with Crippen molar-refractivity contribution in [2.75, 3.05) is 12.4 Å². The molecule has 0 saturated carbocycles. The summed E-state index contributed by atoms with van der Waals surface area (Å²) in [7, 11) is 0. The van der Waals surface area contributed by atoms with Crippen molar-refractivity contribution < 1.29 is 19.5 Å². The van der Waals surface area contributed by atoms with Crippen molar-refractivity contribution in [1.29, 1.82) is 0 Å². The van der Waals surface area contributed by atoms with E-state index in [0.717, 1.165) is 5.56 Å². The lowest BCUT2D eigenvalue weighted by atomic mass is 10.00. The minimum Gasteiger partial charge on any atom is -0.394 e. The molecule has 8 heteroatoms. The van der Waals surface area contributed by atoms with Crippen molar-refractivity contribution in [3.05, 3.63) is 35.4 Å². The number of carbonyl (C=O) groups excluding carboxylic acids is 3. The average molecular weight is 420 g/mol. The Bertz CT molecular complexity index is 798. The Hall–Kier alpha value is -2.06. The van der Waals surface area contributed by atoms with Gasteiger partial charge in [0.1, 0.15) is 17.5 Å². The first-order valence-electron chi connectivity index (χ1n) is 10.0. The van der Waals surface area contributed by atoms with E-state index in [1.165, 1.54) is 0 Å². The van der Waals surface area contributed by atoms with Crippen LogP contribution in [0, 0.1) is 11.8 Å². The van der Waals surface area contributed by atoms with E-state index in [2.05, 4.69) is 10.6 Å². The maximum absolute atomic E-state index is 13.0. The molecule has 2 aliphatic heterocycles. The van der Waals surface area contributed by atoms with Gasteiger partial charge in [0.2, 0.25) is 11.8 Å². The van der Waals surface area contributed by atoms with Gasteiger partial charge >= 0.3 is 0 Å². The second-order valence-corrected chi connectivity index (χ2v) is 9.39. The van der Waals surface area contributed by atoms with E-state index < -0.39 is 12.1 Å². The molecule has 4 atom stereocenters. The molecule has 1 aromatic rings. The summed E-state index contributed by atoms with van der Waals surface area (Å²) in [5.74, 6) is -0.350. The fourth-order valence-electron chi connectivity index (χ4n) is 3.72. The smallest absolute Gasteiger partial charge is 0.256 e. The van der Waals surface area contributed by atoms with Gasteiger partial charge in [0.15, 0.2) is 0 Å². The third-order valence-electron chi connectivity index (χ3n) is 5.57. The van der Waals surface area contributed by atoms with Gasteiger partial charge in [-0.1, -0.05) is 45.9 Å². The number of thioether (sulfide) groups is 1. The van der Waals surface area contributed by atoms with Crippen molar-refractivity contribution >= 4 is 29.5 Å². The van der Waals surface area contributed by atoms with Gasteiger partial charge in [-0.05, 0) is 23.5 Å². The van der Waals surface area contributed by atoms with Crippen molar-refractivity contribution in [1.82, 2.24) is 15.5 Å². The van der Waals surface area contributed by atoms with Crippen molar-refractivity contribution in [2.45, 2.75) is 51.2 Å². The molecule has 29 heavy (non-hydrogen) atoms. The minimum absolute atomic E-state index is 0.0696. The van der Waals surface area contributed by atoms with Crippen molar-refractivity contribution in [2.24, 2.45) is 11.8 Å². The average Bonchev–Trinajstić information content (AvgIpc) is 3.24. The molecule has 0 aromatic heterocycles. The van der Waals surface area contributed by atoms with Crippen LogP contribution in [0.2, 0.25) is 0 Å². The van der Waals surface area contributed by atoms with Crippen LogP contribution >= 0.6 is 11.8 Å². The van der Waals surface area contributed by atoms with Crippen LogP contribution in [0.3, 0.4) is 0 Å². The number of rotatable bonds is 7. The van der Waals surface area contributed by atoms with Gasteiger partial charge in [-0.15, -0.1) is 11.8 Å². The van der Waals surface area contributed by atoms with E-state index in [4.69, 9.17) is 0 Å². The number of carbonyl (C=O) groups is 3. The van der Waals surface area contributed by atoms with Crippen LogP contribution in [-0.4, -0.2) is 58.2 Å². The zero-order valence-corrected chi connectivity index (χ0v) is 18.0. The maximum atomic E-state index is 13.0. The van der Waals surface area contributed by atoms with Crippen LogP contribution in [0.15, 0.2) is 24.3 Å². The van der Waals surface area contributed by atoms with Crippen LogP contribution in [0.5, 0.6) is 0 Å². The lowest BCUT2D eigenvalue weighted by Gasteiger charge is -2.29. The molecule has 2 heterocycles. The van der Waals surface area contributed by atoms with Gasteiger partial charge in [0.05, 0.1) is 12.6 Å². The number of hydrogen-bond acceptors (Lipinski definition) is 5. The SMILES string of the molecule is CC(C)[C@H](NC(=O)[C@@H]1CS[C@H]2c3ccccc3C(=O)N12)C(=O)N[C@H](CO)C(C)C. The van der Waals surface area contributed by atoms with Gasteiger partial charge < -0.3 is 20.6 Å². The molecule has 0 spiro atoms. The first-order chi connectivity index (χ1) is 13.8. The van der Waals surface area contributed by atoms with Gasteiger partial charge in [0, 0.05) is 11.3 Å². The number of nitrogens with zero attached hydrogens (tertiary/aromatic N) is 1. The monoisotopic (exact) mass is 419 g/mol. The Labute approximate surface area is 175 Å². The summed E-state index contributed by atoms with van der Waals surface area (Å²) < 4.78 is 0. The maximum Gasteiger partial charge on any atom is 0.256 e. The number of fused-ring (bicyclic) bond motifs is 3. The van der Waals surface area contributed by atoms with Crippen LogP contribution in [-0.2, 0) is 9.59 Å². The highest BCUT2D eigenvalue weighted by Gasteiger charge is 2.48. The third-order valence-corrected chi connectivity index (χ3v) is 6.88. The second-order valence-electron chi connectivity index (χ2n) is 8.27. The number of benzene rings is 1. The molecule has 7 nitrogen and oxygen atoms in total. The first-order valence-corrected chi connectivity index (χ1v) is 11.1. The van der Waals surface area contributed by atoms with E-state index in [-0.39, 0.29) is 47.6 Å². The molecule has 1 saturated heterocycles. The molecular formula is C21H29N3O4S. The zero-order chi connectivity index (χ0) is 21.3. The minimum atomic E-state index is -0.737. The number of hydrogen-bond donors (Lipinski definition) is 3. The lowest BCUT2D eigenvalue weighted by Crippen LogP contribution is -2.57. The van der Waals surface area contributed by atoms with E-state index in [0.29, 0.717) is 11.3 Å². The topological polar surface area (TPSA) is 98.7 Å². The highest BCUT2D eigenvalue weighted by molar-refractivity contribution is 7.99. The molecule has 3 rings (SSSR count). The normalized spacial score (nSPS) is 22.4. The second kappa shape index (κ2) is 8.75. The quantitative estimate of drug-likeness (QED) is 0.623. The largest absolute Gasteiger partial charge is 0.394 e. The number of aliphatic hydroxyl groups is 1. The highest BCUT2D eigenvalue weighted by atomic mass is 32.2. The Morgan fingerprint density at radius 1 is 1.17 bits per heavy atom. The highest BCUT2D eigenvalue weighted by Crippen LogP contribution is 2.48. The van der Waals surface area contributed by atoms with E-state index >= 15 is 0 Å². The van der Waals surface area contributed by atoms with Crippen LogP contribution < -0.4 is 10.6 Å². The summed E-state index contributed by atoms with van der Waals surface area (Å²) in [6.07, 6.45) is 0. The van der Waals surface area contributed by atoms with E-state index in [1.54, 1.807) is 22.7 Å². The Balaban J connectivity index is 1.71. The predicted octanol–water partition coefficient (Wildman–Crippen LogP) is 1.53. The summed E-state index contributed by atoms with van der Waals surface area (Å²) in [5, 5.41) is 15.0. The Morgan fingerprint density at radius 3 is 2.48 bits per heavy atom. The number of aliphatic hydroxyl groups excluding tert-OH is 1. The lowest BCUT2D eigenvalue weighted by molar-refractivity contribution is -0.132. The summed E-state index contributed by atoms with van der Waals surface area (Å²) in [5.41, 5.74) is 1.59. The molecule has 1 aromatic carbocycles. The molecule has 0 bridgehead atoms. The molecule has 1 fully saturated rings. The molecule has 0 unspecified atom stereocenters. The third kappa shape index (κ3) is 4.14. The van der Waals surface area contributed by atoms with Gasteiger partial charge in [-0.3, -0.25) is 14.4 Å². The molecule has 0 aliphatic carbocycles.